The van der Waals surface area contributed by atoms with Gasteiger partial charge in [0, 0.05) is 11.6 Å². The van der Waals surface area contributed by atoms with Crippen LogP contribution in [-0.2, 0) is 4.79 Å². The van der Waals surface area contributed by atoms with Gasteiger partial charge in [-0.2, -0.15) is 8.78 Å². The number of alkyl halides is 2. The molecule has 0 radical (unpaired) electrons. The predicted octanol–water partition coefficient (Wildman–Crippen LogP) is 3.71. The second-order valence-electron chi connectivity index (χ2n) is 6.35. The highest BCUT2D eigenvalue weighted by Gasteiger charge is 2.29. The van der Waals surface area contributed by atoms with E-state index in [1.807, 2.05) is 0 Å². The van der Waals surface area contributed by atoms with Crippen LogP contribution >= 0.6 is 11.3 Å². The topological polar surface area (TPSA) is 112 Å². The molecule has 0 bridgehead atoms. The third-order valence-electron chi connectivity index (χ3n) is 4.29. The van der Waals surface area contributed by atoms with Crippen molar-refractivity contribution in [2.45, 2.75) is 19.6 Å². The van der Waals surface area contributed by atoms with E-state index in [-0.39, 0.29) is 21.5 Å². The van der Waals surface area contributed by atoms with Gasteiger partial charge in [0.1, 0.15) is 22.5 Å². The number of nitrogens with zero attached hydrogens (tertiary/aromatic N) is 2. The van der Waals surface area contributed by atoms with Gasteiger partial charge >= 0.3 is 6.61 Å². The lowest BCUT2D eigenvalue weighted by Crippen LogP contribution is -2.40. The molecule has 0 unspecified atom stereocenters. The number of aromatic nitrogens is 1. The van der Waals surface area contributed by atoms with Crippen LogP contribution in [0.15, 0.2) is 48.5 Å². The average Bonchev–Trinajstić information content (AvgIpc) is 3.10. The van der Waals surface area contributed by atoms with E-state index in [2.05, 4.69) is 9.72 Å². The minimum atomic E-state index is -3.13. The van der Waals surface area contributed by atoms with Crippen molar-refractivity contribution < 1.29 is 27.5 Å². The number of hydrogen-bond acceptors (Lipinski definition) is 7. The van der Waals surface area contributed by atoms with E-state index in [9.17, 15) is 22.8 Å². The molecule has 0 spiro atoms. The van der Waals surface area contributed by atoms with Crippen LogP contribution in [0.4, 0.5) is 29.8 Å². The molecule has 0 aliphatic heterocycles. The molecule has 3 rings (SSSR count). The summed E-state index contributed by atoms with van der Waals surface area (Å²) < 4.78 is 43.7. The molecule has 1 aromatic heterocycles. The molecular formula is C20H17F3N4O3S. The van der Waals surface area contributed by atoms with E-state index >= 15 is 0 Å². The van der Waals surface area contributed by atoms with Crippen LogP contribution in [0, 0.1) is 5.82 Å². The quantitative estimate of drug-likeness (QED) is 0.506. The Kier molecular flexibility index (Phi) is 6.44. The Hall–Kier alpha value is -3.60. The van der Waals surface area contributed by atoms with E-state index in [1.54, 1.807) is 30.3 Å². The van der Waals surface area contributed by atoms with Crippen LogP contribution in [0.25, 0.3) is 0 Å². The van der Waals surface area contributed by atoms with Crippen molar-refractivity contribution in [1.29, 1.82) is 0 Å². The Bertz CT molecular complexity index is 1110. The highest BCUT2D eigenvalue weighted by molar-refractivity contribution is 7.18. The third-order valence-corrected chi connectivity index (χ3v) is 5.36. The number of nitrogens with two attached hydrogens (primary N) is 2. The third kappa shape index (κ3) is 4.77. The molecule has 1 heterocycles. The van der Waals surface area contributed by atoms with Gasteiger partial charge < -0.3 is 21.1 Å². The fourth-order valence-electron chi connectivity index (χ4n) is 2.77. The summed E-state index contributed by atoms with van der Waals surface area (Å²) in [5.74, 6) is -2.67. The summed E-state index contributed by atoms with van der Waals surface area (Å²) in [6, 6.07) is 10.2. The van der Waals surface area contributed by atoms with Crippen LogP contribution < -0.4 is 21.1 Å². The summed E-state index contributed by atoms with van der Waals surface area (Å²) in [6.07, 6.45) is 0. The molecule has 1 amide bonds. The van der Waals surface area contributed by atoms with Crippen molar-refractivity contribution >= 4 is 39.7 Å². The zero-order chi connectivity index (χ0) is 22.7. The van der Waals surface area contributed by atoms with Crippen molar-refractivity contribution in [3.63, 3.8) is 0 Å². The molecule has 0 fully saturated rings. The molecular weight excluding hydrogens is 433 g/mol. The first-order valence-corrected chi connectivity index (χ1v) is 9.69. The molecule has 11 heteroatoms. The molecule has 3 aromatic rings. The Labute approximate surface area is 179 Å². The van der Waals surface area contributed by atoms with Gasteiger partial charge in [0.25, 0.3) is 0 Å². The second-order valence-corrected chi connectivity index (χ2v) is 7.32. The summed E-state index contributed by atoms with van der Waals surface area (Å²) in [6.45, 7) is -1.72. The lowest BCUT2D eigenvalue weighted by molar-refractivity contribution is -0.118. The van der Waals surface area contributed by atoms with E-state index in [0.29, 0.717) is 5.56 Å². The van der Waals surface area contributed by atoms with Gasteiger partial charge in [0.2, 0.25) is 11.7 Å². The normalized spacial score (nSPS) is 11.9. The lowest BCUT2D eigenvalue weighted by Gasteiger charge is -2.27. The van der Waals surface area contributed by atoms with Gasteiger partial charge in [0.05, 0.1) is 5.69 Å². The van der Waals surface area contributed by atoms with Crippen molar-refractivity contribution in [3.8, 4) is 5.75 Å². The number of hydrogen-bond donors (Lipinski definition) is 2. The zero-order valence-electron chi connectivity index (χ0n) is 16.1. The van der Waals surface area contributed by atoms with Gasteiger partial charge in [-0.15, -0.1) is 0 Å². The van der Waals surface area contributed by atoms with Crippen LogP contribution in [0.5, 0.6) is 5.75 Å². The van der Waals surface area contributed by atoms with E-state index < -0.39 is 35.9 Å². The summed E-state index contributed by atoms with van der Waals surface area (Å²) >= 11 is 0.849. The molecule has 0 saturated carbocycles. The van der Waals surface area contributed by atoms with E-state index in [4.69, 9.17) is 11.5 Å². The van der Waals surface area contributed by atoms with Crippen molar-refractivity contribution in [2.75, 3.05) is 10.6 Å². The first-order valence-electron chi connectivity index (χ1n) is 8.88. The number of benzene rings is 2. The maximum atomic E-state index is 14.8. The Morgan fingerprint density at radius 1 is 1.16 bits per heavy atom. The van der Waals surface area contributed by atoms with Crippen LogP contribution in [0.2, 0.25) is 0 Å². The monoisotopic (exact) mass is 450 g/mol. The summed E-state index contributed by atoms with van der Waals surface area (Å²) in [7, 11) is 0. The molecule has 2 aromatic carbocycles. The summed E-state index contributed by atoms with van der Waals surface area (Å²) in [5, 5.41) is 0.0320. The number of primary amides is 1. The number of carbonyl (C=O) groups excluding carboxylic acids is 2. The fraction of sp³-hybridized carbons (Fsp3) is 0.150. The molecule has 31 heavy (non-hydrogen) atoms. The first-order chi connectivity index (χ1) is 14.7. The van der Waals surface area contributed by atoms with Crippen molar-refractivity contribution in [3.05, 3.63) is 64.8 Å². The molecule has 0 aliphatic carbocycles. The zero-order valence-corrected chi connectivity index (χ0v) is 16.9. The van der Waals surface area contributed by atoms with Gasteiger partial charge in [0.15, 0.2) is 10.9 Å². The van der Waals surface area contributed by atoms with Crippen LogP contribution in [0.3, 0.4) is 0 Å². The van der Waals surface area contributed by atoms with Crippen LogP contribution in [0.1, 0.15) is 22.2 Å². The largest absolute Gasteiger partial charge is 0.435 e. The van der Waals surface area contributed by atoms with E-state index in [1.165, 1.54) is 6.92 Å². The van der Waals surface area contributed by atoms with Crippen molar-refractivity contribution in [1.82, 2.24) is 4.98 Å². The number of halogens is 3. The van der Waals surface area contributed by atoms with Crippen LogP contribution in [-0.4, -0.2) is 29.3 Å². The Morgan fingerprint density at radius 2 is 1.84 bits per heavy atom. The van der Waals surface area contributed by atoms with Crippen molar-refractivity contribution in [2.24, 2.45) is 5.73 Å². The molecule has 162 valence electrons. The fourth-order valence-corrected chi connectivity index (χ4v) is 3.81. The Balaban J connectivity index is 2.05. The Morgan fingerprint density at radius 3 is 2.42 bits per heavy atom. The second kappa shape index (κ2) is 9.04. The number of ketones is 1. The highest BCUT2D eigenvalue weighted by atomic mass is 32.1. The summed E-state index contributed by atoms with van der Waals surface area (Å²) in [5.41, 5.74) is 11.5. The highest BCUT2D eigenvalue weighted by Crippen LogP contribution is 2.38. The molecule has 1 atom stereocenters. The SMILES string of the molecule is C[C@H](C(N)=O)N(c1nc(N)c(C(=O)c2ccccc2)s1)c1ccc(OC(F)F)cc1F. The number of thiazole rings is 1. The average molecular weight is 450 g/mol. The lowest BCUT2D eigenvalue weighted by atomic mass is 10.1. The molecule has 7 nitrogen and oxygen atoms in total. The van der Waals surface area contributed by atoms with E-state index in [0.717, 1.165) is 34.4 Å². The maximum absolute atomic E-state index is 14.8. The number of nitrogen functional groups attached to an aromatic ring is 1. The first kappa shape index (κ1) is 22.1. The smallest absolute Gasteiger partial charge is 0.387 e. The van der Waals surface area contributed by atoms with Gasteiger partial charge in [-0.05, 0) is 19.1 Å². The van der Waals surface area contributed by atoms with Gasteiger partial charge in [-0.1, -0.05) is 41.7 Å². The minimum Gasteiger partial charge on any atom is -0.435 e. The minimum absolute atomic E-state index is 0.0320. The number of rotatable bonds is 8. The van der Waals surface area contributed by atoms with Gasteiger partial charge in [-0.3, -0.25) is 9.59 Å². The standard InChI is InChI=1S/C20H17F3N4O3S/c1-10(18(25)29)27(14-8-7-12(9-13(14)21)30-19(22)23)20-26-17(24)16(31-20)15(28)11-5-3-2-4-6-11/h2-10,19H,24H2,1H3,(H2,25,29)/t10-/m1/s1. The number of carbonyl (C=O) groups is 2. The molecule has 0 aliphatic rings. The summed E-state index contributed by atoms with van der Waals surface area (Å²) in [4.78, 5) is 30.0. The number of anilines is 3. The number of ether oxygens (including phenoxy) is 1. The molecule has 0 saturated heterocycles. The molecule has 4 N–H and O–H groups in total. The van der Waals surface area contributed by atoms with Gasteiger partial charge in [-0.25, -0.2) is 9.37 Å². The maximum Gasteiger partial charge on any atom is 0.387 e. The predicted molar refractivity (Wildman–Crippen MR) is 110 cm³/mol. The number of amides is 1.